The normalized spacial score (nSPS) is 14.8. The highest BCUT2D eigenvalue weighted by atomic mass is 35.5. The van der Waals surface area contributed by atoms with Gasteiger partial charge in [0.2, 0.25) is 5.91 Å². The molecule has 2 N–H and O–H groups in total. The summed E-state index contributed by atoms with van der Waals surface area (Å²) in [7, 11) is 0. The Labute approximate surface area is 244 Å². The smallest absolute Gasteiger partial charge is 0.337 e. The van der Waals surface area contributed by atoms with Crippen molar-refractivity contribution in [2.75, 3.05) is 11.1 Å². The number of hydrogen-bond acceptors (Lipinski definition) is 6. The Hall–Kier alpha value is -3.99. The summed E-state index contributed by atoms with van der Waals surface area (Å²) in [6.07, 6.45) is 0. The number of amides is 1. The molecule has 3 aromatic carbocycles. The molecule has 0 radical (unpaired) electrons. The monoisotopic (exact) mass is 571 g/mol. The summed E-state index contributed by atoms with van der Waals surface area (Å²) in [5.41, 5.74) is 6.49. The molecular formula is C32H30ClN3O3S. The fourth-order valence-electron chi connectivity index (χ4n) is 4.81. The van der Waals surface area contributed by atoms with E-state index < -0.39 is 11.9 Å². The molecule has 4 rings (SSSR count). The summed E-state index contributed by atoms with van der Waals surface area (Å²) in [4.78, 5) is 26.4. The number of dihydropyridines is 1. The van der Waals surface area contributed by atoms with Gasteiger partial charge in [0.05, 0.1) is 33.9 Å². The number of aryl methyl sites for hydroxylation is 3. The number of halogens is 1. The first-order chi connectivity index (χ1) is 19.2. The summed E-state index contributed by atoms with van der Waals surface area (Å²) in [6, 6.07) is 22.8. The number of ether oxygens (including phenoxy) is 1. The topological polar surface area (TPSA) is 91.2 Å². The Morgan fingerprint density at radius 2 is 1.68 bits per heavy atom. The van der Waals surface area contributed by atoms with Crippen LogP contribution in [-0.2, 0) is 20.9 Å². The van der Waals surface area contributed by atoms with Gasteiger partial charge in [-0.05, 0) is 56.0 Å². The van der Waals surface area contributed by atoms with Crippen molar-refractivity contribution in [2.24, 2.45) is 0 Å². The molecule has 1 aliphatic heterocycles. The Kier molecular flexibility index (Phi) is 9.36. The predicted octanol–water partition coefficient (Wildman–Crippen LogP) is 7.08. The van der Waals surface area contributed by atoms with Gasteiger partial charge < -0.3 is 15.4 Å². The van der Waals surface area contributed by atoms with E-state index in [0.29, 0.717) is 32.5 Å². The first-order valence-electron chi connectivity index (χ1n) is 12.8. The van der Waals surface area contributed by atoms with Crippen LogP contribution in [0, 0.1) is 32.1 Å². The molecule has 1 heterocycles. The molecule has 0 spiro atoms. The van der Waals surface area contributed by atoms with Crippen LogP contribution < -0.4 is 10.6 Å². The van der Waals surface area contributed by atoms with Gasteiger partial charge in [0.1, 0.15) is 6.61 Å². The Morgan fingerprint density at radius 3 is 2.33 bits per heavy atom. The number of carbonyl (C=O) groups excluding carboxylic acids is 2. The Bertz CT molecular complexity index is 1530. The number of nitrogens with zero attached hydrogens (tertiary/aromatic N) is 1. The van der Waals surface area contributed by atoms with Crippen molar-refractivity contribution in [1.29, 1.82) is 5.26 Å². The quantitative estimate of drug-likeness (QED) is 0.281. The number of allylic oxidation sites excluding steroid dienone is 2. The van der Waals surface area contributed by atoms with Crippen molar-refractivity contribution in [1.82, 2.24) is 5.32 Å². The highest BCUT2D eigenvalue weighted by Gasteiger charge is 2.36. The summed E-state index contributed by atoms with van der Waals surface area (Å²) >= 11 is 7.79. The number of thioether (sulfide) groups is 1. The zero-order valence-electron chi connectivity index (χ0n) is 22.8. The van der Waals surface area contributed by atoms with E-state index in [9.17, 15) is 14.9 Å². The molecule has 0 saturated heterocycles. The van der Waals surface area contributed by atoms with Crippen LogP contribution in [0.15, 0.2) is 88.6 Å². The molecule has 8 heteroatoms. The van der Waals surface area contributed by atoms with E-state index in [4.69, 9.17) is 16.3 Å². The summed E-state index contributed by atoms with van der Waals surface area (Å²) in [5.74, 6) is -1.43. The van der Waals surface area contributed by atoms with Gasteiger partial charge in [0.15, 0.2) is 0 Å². The second kappa shape index (κ2) is 12.9. The molecule has 1 amide bonds. The van der Waals surface area contributed by atoms with Crippen molar-refractivity contribution in [3.8, 4) is 6.07 Å². The summed E-state index contributed by atoms with van der Waals surface area (Å²) in [6.45, 7) is 7.79. The predicted molar refractivity (Wildman–Crippen MR) is 161 cm³/mol. The van der Waals surface area contributed by atoms with E-state index in [1.54, 1.807) is 25.1 Å². The van der Waals surface area contributed by atoms with Gasteiger partial charge in [-0.1, -0.05) is 89.6 Å². The molecular weight excluding hydrogens is 542 g/mol. The number of nitriles is 1. The Balaban J connectivity index is 1.61. The number of rotatable bonds is 8. The van der Waals surface area contributed by atoms with E-state index >= 15 is 0 Å². The fourth-order valence-corrected chi connectivity index (χ4v) is 5.95. The van der Waals surface area contributed by atoms with E-state index in [1.807, 2.05) is 69.3 Å². The molecule has 40 heavy (non-hydrogen) atoms. The molecule has 0 unspecified atom stereocenters. The van der Waals surface area contributed by atoms with E-state index in [0.717, 1.165) is 27.9 Å². The maximum atomic E-state index is 13.4. The van der Waals surface area contributed by atoms with Crippen molar-refractivity contribution < 1.29 is 14.3 Å². The molecule has 3 aromatic rings. The third-order valence-corrected chi connectivity index (χ3v) is 7.95. The second-order valence-electron chi connectivity index (χ2n) is 9.65. The molecule has 0 aromatic heterocycles. The zero-order chi connectivity index (χ0) is 28.8. The van der Waals surface area contributed by atoms with Gasteiger partial charge in [-0.2, -0.15) is 5.26 Å². The van der Waals surface area contributed by atoms with Gasteiger partial charge in [-0.3, -0.25) is 4.79 Å². The largest absolute Gasteiger partial charge is 0.457 e. The van der Waals surface area contributed by atoms with Crippen molar-refractivity contribution in [3.05, 3.63) is 121 Å². The van der Waals surface area contributed by atoms with E-state index in [1.165, 1.54) is 11.8 Å². The lowest BCUT2D eigenvalue weighted by Gasteiger charge is -2.29. The molecule has 0 bridgehead atoms. The van der Waals surface area contributed by atoms with Gasteiger partial charge in [-0.25, -0.2) is 4.79 Å². The highest BCUT2D eigenvalue weighted by Crippen LogP contribution is 2.43. The molecule has 1 atom stereocenters. The summed E-state index contributed by atoms with van der Waals surface area (Å²) < 4.78 is 5.67. The van der Waals surface area contributed by atoms with Crippen LogP contribution in [0.1, 0.15) is 40.7 Å². The molecule has 204 valence electrons. The summed E-state index contributed by atoms with van der Waals surface area (Å²) in [5, 5.41) is 17.4. The lowest BCUT2D eigenvalue weighted by atomic mass is 9.82. The SMILES string of the molecule is CC1=C(C(=O)OCc2ccccc2)[C@@H](c2ccccc2Cl)C(C#N)=C(SCC(=O)Nc2c(C)cc(C)cc2C)N1. The van der Waals surface area contributed by atoms with Gasteiger partial charge in [0, 0.05) is 16.4 Å². The fraction of sp³-hybridized carbons (Fsp3) is 0.219. The number of anilines is 1. The molecule has 0 aliphatic carbocycles. The van der Waals surface area contributed by atoms with E-state index in [2.05, 4.69) is 16.7 Å². The number of carbonyl (C=O) groups is 2. The first kappa shape index (κ1) is 29.0. The highest BCUT2D eigenvalue weighted by molar-refractivity contribution is 8.03. The average Bonchev–Trinajstić information content (AvgIpc) is 2.93. The minimum absolute atomic E-state index is 0.0661. The van der Waals surface area contributed by atoms with Crippen molar-refractivity contribution in [2.45, 2.75) is 40.2 Å². The minimum Gasteiger partial charge on any atom is -0.457 e. The van der Waals surface area contributed by atoms with Crippen LogP contribution in [0.25, 0.3) is 0 Å². The number of benzene rings is 3. The van der Waals surface area contributed by atoms with Crippen LogP contribution in [0.2, 0.25) is 5.02 Å². The van der Waals surface area contributed by atoms with Crippen LogP contribution in [0.4, 0.5) is 5.69 Å². The van der Waals surface area contributed by atoms with E-state index in [-0.39, 0.29) is 18.3 Å². The number of hydrogen-bond donors (Lipinski definition) is 2. The molecule has 0 saturated carbocycles. The first-order valence-corrected chi connectivity index (χ1v) is 14.1. The molecule has 6 nitrogen and oxygen atoms in total. The zero-order valence-corrected chi connectivity index (χ0v) is 24.4. The number of esters is 1. The maximum absolute atomic E-state index is 13.4. The average molecular weight is 572 g/mol. The van der Waals surface area contributed by atoms with Crippen LogP contribution in [0.5, 0.6) is 0 Å². The molecule has 0 fully saturated rings. The third-order valence-electron chi connectivity index (χ3n) is 6.59. The van der Waals surface area contributed by atoms with Gasteiger partial charge in [-0.15, -0.1) is 0 Å². The van der Waals surface area contributed by atoms with Gasteiger partial charge >= 0.3 is 5.97 Å². The van der Waals surface area contributed by atoms with Crippen LogP contribution in [-0.4, -0.2) is 17.6 Å². The molecule has 1 aliphatic rings. The number of nitrogens with one attached hydrogen (secondary N) is 2. The van der Waals surface area contributed by atoms with Crippen molar-refractivity contribution >= 4 is 40.9 Å². The lowest BCUT2D eigenvalue weighted by Crippen LogP contribution is -2.29. The second-order valence-corrected chi connectivity index (χ2v) is 11.0. The van der Waals surface area contributed by atoms with Crippen molar-refractivity contribution in [3.63, 3.8) is 0 Å². The van der Waals surface area contributed by atoms with Gasteiger partial charge in [0.25, 0.3) is 0 Å². The maximum Gasteiger partial charge on any atom is 0.337 e. The lowest BCUT2D eigenvalue weighted by molar-refractivity contribution is -0.140. The third kappa shape index (κ3) is 6.59. The minimum atomic E-state index is -0.754. The standard InChI is InChI=1S/C32H30ClN3O3S/c1-19-14-20(2)30(21(3)15-19)36-27(37)18-40-31-25(16-34)29(24-12-8-9-13-26(24)33)28(22(4)35-31)32(38)39-17-23-10-6-5-7-11-23/h5-15,29,35H,17-18H2,1-4H3,(H,36,37)/t29-/m0/s1. The van der Waals surface area contributed by atoms with Crippen LogP contribution in [0.3, 0.4) is 0 Å². The van der Waals surface area contributed by atoms with Crippen LogP contribution >= 0.6 is 23.4 Å². The Morgan fingerprint density at radius 1 is 1.02 bits per heavy atom.